The molecule has 3 amide bonds. The van der Waals surface area contributed by atoms with Crippen LogP contribution in [0.1, 0.15) is 85.0 Å². The van der Waals surface area contributed by atoms with E-state index in [1.54, 1.807) is 0 Å². The van der Waals surface area contributed by atoms with Crippen molar-refractivity contribution in [1.82, 2.24) is 10.2 Å². The minimum Gasteiger partial charge on any atom is -0.369 e. The Labute approximate surface area is 176 Å². The van der Waals surface area contributed by atoms with E-state index in [-0.39, 0.29) is 17.7 Å². The van der Waals surface area contributed by atoms with Gasteiger partial charge in [-0.3, -0.25) is 14.4 Å². The van der Waals surface area contributed by atoms with E-state index in [4.69, 9.17) is 5.73 Å². The Morgan fingerprint density at radius 3 is 2.48 bits per heavy atom. The van der Waals surface area contributed by atoms with Crippen LogP contribution in [-0.2, 0) is 14.4 Å². The number of nitrogens with one attached hydrogen (secondary N) is 1. The SMILES string of the molecule is CCCCC(C(N)=O)C(CC(C)C)C(=O)N[C@H]1CCCCN(CCC2CC2)C1=O. The van der Waals surface area contributed by atoms with Gasteiger partial charge in [-0.1, -0.05) is 46.5 Å². The van der Waals surface area contributed by atoms with Gasteiger partial charge in [0.25, 0.3) is 0 Å². The number of amides is 3. The molecule has 0 aromatic heterocycles. The Bertz CT molecular complexity index is 560. The molecule has 1 saturated heterocycles. The van der Waals surface area contributed by atoms with Gasteiger partial charge < -0.3 is 16.0 Å². The van der Waals surface area contributed by atoms with E-state index in [2.05, 4.69) is 26.1 Å². The van der Waals surface area contributed by atoms with Gasteiger partial charge in [0.05, 0.1) is 0 Å². The van der Waals surface area contributed by atoms with E-state index in [0.717, 1.165) is 51.1 Å². The molecular formula is C23H41N3O3. The average Bonchev–Trinajstić information content (AvgIpc) is 3.49. The second-order valence-electron chi connectivity index (χ2n) is 9.50. The van der Waals surface area contributed by atoms with Gasteiger partial charge in [-0.25, -0.2) is 0 Å². The van der Waals surface area contributed by atoms with Crippen LogP contribution in [0.5, 0.6) is 0 Å². The summed E-state index contributed by atoms with van der Waals surface area (Å²) in [6.45, 7) is 7.75. The lowest BCUT2D eigenvalue weighted by Gasteiger charge is -2.29. The van der Waals surface area contributed by atoms with Crippen molar-refractivity contribution in [1.29, 1.82) is 0 Å². The maximum Gasteiger partial charge on any atom is 0.245 e. The lowest BCUT2D eigenvalue weighted by atomic mass is 9.81. The van der Waals surface area contributed by atoms with Crippen molar-refractivity contribution in [3.05, 3.63) is 0 Å². The lowest BCUT2D eigenvalue weighted by molar-refractivity contribution is -0.139. The number of hydrogen-bond donors (Lipinski definition) is 2. The predicted molar refractivity (Wildman–Crippen MR) is 115 cm³/mol. The minimum atomic E-state index is -0.474. The molecule has 29 heavy (non-hydrogen) atoms. The van der Waals surface area contributed by atoms with Gasteiger partial charge in [0.2, 0.25) is 17.7 Å². The fourth-order valence-electron chi connectivity index (χ4n) is 4.41. The normalized spacial score (nSPS) is 22.3. The third kappa shape index (κ3) is 7.63. The third-order valence-electron chi connectivity index (χ3n) is 6.38. The van der Waals surface area contributed by atoms with Crippen LogP contribution in [0, 0.1) is 23.7 Å². The van der Waals surface area contributed by atoms with Crippen LogP contribution in [0.3, 0.4) is 0 Å². The number of rotatable bonds is 12. The summed E-state index contributed by atoms with van der Waals surface area (Å²) < 4.78 is 0. The summed E-state index contributed by atoms with van der Waals surface area (Å²) in [7, 11) is 0. The van der Waals surface area contributed by atoms with Gasteiger partial charge in [0.15, 0.2) is 0 Å². The Morgan fingerprint density at radius 2 is 1.90 bits per heavy atom. The van der Waals surface area contributed by atoms with Crippen molar-refractivity contribution in [3.63, 3.8) is 0 Å². The Kier molecular flexibility index (Phi) is 9.44. The van der Waals surface area contributed by atoms with Crippen molar-refractivity contribution in [2.75, 3.05) is 13.1 Å². The lowest BCUT2D eigenvalue weighted by Crippen LogP contribution is -2.51. The average molecular weight is 408 g/mol. The van der Waals surface area contributed by atoms with E-state index < -0.39 is 23.8 Å². The molecule has 2 aliphatic rings. The molecule has 6 nitrogen and oxygen atoms in total. The summed E-state index contributed by atoms with van der Waals surface area (Å²) in [6.07, 6.45) is 9.29. The number of primary amides is 1. The highest BCUT2D eigenvalue weighted by molar-refractivity contribution is 5.91. The molecule has 1 heterocycles. The first-order valence-electron chi connectivity index (χ1n) is 11.7. The fraction of sp³-hybridized carbons (Fsp3) is 0.870. The molecule has 2 fully saturated rings. The van der Waals surface area contributed by atoms with Gasteiger partial charge in [0.1, 0.15) is 6.04 Å². The third-order valence-corrected chi connectivity index (χ3v) is 6.38. The van der Waals surface area contributed by atoms with Crippen LogP contribution in [0.15, 0.2) is 0 Å². The number of carbonyl (C=O) groups is 3. The minimum absolute atomic E-state index is 0.0454. The molecule has 0 radical (unpaired) electrons. The zero-order valence-corrected chi connectivity index (χ0v) is 18.6. The fourth-order valence-corrected chi connectivity index (χ4v) is 4.41. The van der Waals surface area contributed by atoms with Crippen LogP contribution in [-0.4, -0.2) is 41.8 Å². The van der Waals surface area contributed by atoms with Crippen molar-refractivity contribution >= 4 is 17.7 Å². The first-order chi connectivity index (χ1) is 13.8. The Hall–Kier alpha value is -1.59. The number of likely N-dealkylation sites (tertiary alicyclic amines) is 1. The molecular weight excluding hydrogens is 366 g/mol. The molecule has 1 aliphatic heterocycles. The number of nitrogens with zero attached hydrogens (tertiary/aromatic N) is 1. The predicted octanol–water partition coefficient (Wildman–Crippen LogP) is 3.24. The molecule has 1 aliphatic carbocycles. The van der Waals surface area contributed by atoms with Gasteiger partial charge in [0, 0.05) is 24.9 Å². The van der Waals surface area contributed by atoms with E-state index in [9.17, 15) is 14.4 Å². The summed E-state index contributed by atoms with van der Waals surface area (Å²) in [5.41, 5.74) is 5.68. The molecule has 3 atom stereocenters. The number of nitrogens with two attached hydrogens (primary N) is 1. The van der Waals surface area contributed by atoms with Gasteiger partial charge in [-0.15, -0.1) is 0 Å². The zero-order chi connectivity index (χ0) is 21.4. The molecule has 0 bridgehead atoms. The first kappa shape index (κ1) is 23.7. The highest BCUT2D eigenvalue weighted by atomic mass is 16.2. The highest BCUT2D eigenvalue weighted by Gasteiger charge is 2.36. The maximum atomic E-state index is 13.2. The number of hydrogen-bond acceptors (Lipinski definition) is 3. The number of unbranched alkanes of at least 4 members (excludes halogenated alkanes) is 1. The van der Waals surface area contributed by atoms with Crippen LogP contribution < -0.4 is 11.1 Å². The second-order valence-corrected chi connectivity index (χ2v) is 9.50. The van der Waals surface area contributed by atoms with Crippen LogP contribution in [0.2, 0.25) is 0 Å². The number of carbonyl (C=O) groups excluding carboxylic acids is 3. The molecule has 6 heteroatoms. The van der Waals surface area contributed by atoms with Crippen LogP contribution in [0.25, 0.3) is 0 Å². The van der Waals surface area contributed by atoms with E-state index in [1.165, 1.54) is 12.8 Å². The summed E-state index contributed by atoms with van der Waals surface area (Å²) in [5.74, 6) is -0.416. The van der Waals surface area contributed by atoms with E-state index in [1.807, 2.05) is 4.90 Å². The quantitative estimate of drug-likeness (QED) is 0.520. The largest absolute Gasteiger partial charge is 0.369 e. The van der Waals surface area contributed by atoms with Crippen LogP contribution >= 0.6 is 0 Å². The molecule has 0 aromatic rings. The van der Waals surface area contributed by atoms with Crippen molar-refractivity contribution < 1.29 is 14.4 Å². The standard InChI is InChI=1S/C23H41N3O3/c1-4-5-8-18(21(24)27)19(15-16(2)3)22(28)25-20-9-6-7-13-26(23(20)29)14-12-17-10-11-17/h16-20H,4-15H2,1-3H3,(H2,24,27)(H,25,28)/t18?,19?,20-/m0/s1. The zero-order valence-electron chi connectivity index (χ0n) is 18.6. The molecule has 3 N–H and O–H groups in total. The monoisotopic (exact) mass is 407 g/mol. The highest BCUT2D eigenvalue weighted by Crippen LogP contribution is 2.33. The molecule has 2 unspecified atom stereocenters. The molecule has 1 saturated carbocycles. The smallest absolute Gasteiger partial charge is 0.245 e. The summed E-state index contributed by atoms with van der Waals surface area (Å²) in [5, 5.41) is 3.02. The van der Waals surface area contributed by atoms with E-state index in [0.29, 0.717) is 19.3 Å². The summed E-state index contributed by atoms with van der Waals surface area (Å²) in [4.78, 5) is 40.3. The summed E-state index contributed by atoms with van der Waals surface area (Å²) >= 11 is 0. The Morgan fingerprint density at radius 1 is 1.17 bits per heavy atom. The van der Waals surface area contributed by atoms with Crippen molar-refractivity contribution in [2.24, 2.45) is 29.4 Å². The maximum absolute atomic E-state index is 13.2. The second kappa shape index (κ2) is 11.6. The summed E-state index contributed by atoms with van der Waals surface area (Å²) in [6, 6.07) is -0.474. The molecule has 2 rings (SSSR count). The molecule has 166 valence electrons. The van der Waals surface area contributed by atoms with Gasteiger partial charge in [-0.2, -0.15) is 0 Å². The Balaban J connectivity index is 2.06. The topological polar surface area (TPSA) is 92.5 Å². The first-order valence-corrected chi connectivity index (χ1v) is 11.7. The van der Waals surface area contributed by atoms with Crippen molar-refractivity contribution in [3.8, 4) is 0 Å². The van der Waals surface area contributed by atoms with Gasteiger partial charge >= 0.3 is 0 Å². The van der Waals surface area contributed by atoms with Crippen molar-refractivity contribution in [2.45, 2.75) is 91.0 Å². The molecule has 0 aromatic carbocycles. The van der Waals surface area contributed by atoms with Crippen LogP contribution in [0.4, 0.5) is 0 Å². The van der Waals surface area contributed by atoms with E-state index >= 15 is 0 Å². The molecule has 0 spiro atoms. The van der Waals surface area contributed by atoms with Gasteiger partial charge in [-0.05, 0) is 50.4 Å².